The number of unbranched alkanes of at least 4 members (excludes halogenated alkanes) is 1. The number of methoxy groups -OCH3 is 1. The zero-order valence-corrected chi connectivity index (χ0v) is 14.2. The lowest BCUT2D eigenvalue weighted by atomic mass is 10.2. The molecule has 8 heteroatoms. The average Bonchev–Trinajstić information content (AvgIpc) is 2.54. The summed E-state index contributed by atoms with van der Waals surface area (Å²) in [6.45, 7) is 5.27. The lowest BCUT2D eigenvalue weighted by molar-refractivity contribution is -0.121. The van der Waals surface area contributed by atoms with Gasteiger partial charge in [-0.15, -0.1) is 0 Å². The van der Waals surface area contributed by atoms with E-state index in [2.05, 4.69) is 17.6 Å². The van der Waals surface area contributed by atoms with Gasteiger partial charge in [-0.3, -0.25) is 4.79 Å². The number of rotatable bonds is 15. The Hall–Kier alpha value is -1.38. The summed E-state index contributed by atoms with van der Waals surface area (Å²) in [5, 5.41) is 5.34. The molecular weight excluding hydrogens is 304 g/mol. The van der Waals surface area contributed by atoms with Gasteiger partial charge in [-0.2, -0.15) is 0 Å². The molecule has 0 bridgehead atoms. The minimum atomic E-state index is -0.485. The van der Waals surface area contributed by atoms with E-state index in [1.807, 2.05) is 0 Å². The van der Waals surface area contributed by atoms with Crippen LogP contribution in [0.3, 0.4) is 0 Å². The van der Waals surface area contributed by atoms with Crippen molar-refractivity contribution in [3.63, 3.8) is 0 Å². The molecule has 8 nitrogen and oxygen atoms in total. The van der Waals surface area contributed by atoms with Gasteiger partial charge < -0.3 is 29.6 Å². The summed E-state index contributed by atoms with van der Waals surface area (Å²) in [5.74, 6) is 0.0650. The summed E-state index contributed by atoms with van der Waals surface area (Å²) in [6.07, 6.45) is 2.01. The molecule has 0 heterocycles. The highest BCUT2D eigenvalue weighted by atomic mass is 16.6. The molecule has 0 fully saturated rings. The van der Waals surface area contributed by atoms with Crippen LogP contribution in [-0.4, -0.2) is 71.8 Å². The average molecular weight is 334 g/mol. The van der Waals surface area contributed by atoms with Crippen LogP contribution in [0.5, 0.6) is 0 Å². The van der Waals surface area contributed by atoms with Gasteiger partial charge in [0.15, 0.2) is 0 Å². The van der Waals surface area contributed by atoms with Crippen molar-refractivity contribution >= 4 is 12.0 Å². The summed E-state index contributed by atoms with van der Waals surface area (Å²) in [4.78, 5) is 22.4. The largest absolute Gasteiger partial charge is 0.447 e. The Bertz CT molecular complexity index is 302. The van der Waals surface area contributed by atoms with E-state index < -0.39 is 6.09 Å². The first kappa shape index (κ1) is 21.6. The van der Waals surface area contributed by atoms with Crippen molar-refractivity contribution in [2.24, 2.45) is 0 Å². The lowest BCUT2D eigenvalue weighted by Gasteiger charge is -2.08. The predicted octanol–water partition coefficient (Wildman–Crippen LogP) is 0.699. The molecule has 0 spiro atoms. The fourth-order valence-corrected chi connectivity index (χ4v) is 1.50. The molecule has 0 radical (unpaired) electrons. The minimum Gasteiger partial charge on any atom is -0.447 e. The highest BCUT2D eigenvalue weighted by Gasteiger charge is 2.00. The van der Waals surface area contributed by atoms with Gasteiger partial charge in [-0.25, -0.2) is 4.79 Å². The van der Waals surface area contributed by atoms with E-state index >= 15 is 0 Å². The standard InChI is InChI=1S/C15H30N2O6/c1-3-4-5-14(18)16-6-8-21-11-12-22-9-7-17-15(19)23-13-10-20-2/h3-13H2,1-2H3,(H,16,18)(H,17,19). The van der Waals surface area contributed by atoms with Crippen LogP contribution in [-0.2, 0) is 23.7 Å². The summed E-state index contributed by atoms with van der Waals surface area (Å²) >= 11 is 0. The van der Waals surface area contributed by atoms with E-state index in [1.165, 1.54) is 7.11 Å². The highest BCUT2D eigenvalue weighted by molar-refractivity contribution is 5.75. The fraction of sp³-hybridized carbons (Fsp3) is 0.867. The molecule has 136 valence electrons. The molecule has 0 rings (SSSR count). The van der Waals surface area contributed by atoms with E-state index in [0.717, 1.165) is 12.8 Å². The van der Waals surface area contributed by atoms with Crippen molar-refractivity contribution in [1.29, 1.82) is 0 Å². The molecule has 0 aromatic rings. The van der Waals surface area contributed by atoms with Crippen LogP contribution >= 0.6 is 0 Å². The van der Waals surface area contributed by atoms with Crippen LogP contribution < -0.4 is 10.6 Å². The van der Waals surface area contributed by atoms with E-state index in [9.17, 15) is 9.59 Å². The molecule has 0 aromatic heterocycles. The molecule has 0 aliphatic carbocycles. The zero-order chi connectivity index (χ0) is 17.2. The number of alkyl carbamates (subject to hydrolysis) is 1. The normalized spacial score (nSPS) is 10.3. The topological polar surface area (TPSA) is 95.1 Å². The third-order valence-corrected chi connectivity index (χ3v) is 2.73. The molecule has 0 saturated carbocycles. The molecule has 0 aliphatic heterocycles. The fourth-order valence-electron chi connectivity index (χ4n) is 1.50. The van der Waals surface area contributed by atoms with Crippen molar-refractivity contribution in [1.82, 2.24) is 10.6 Å². The Balaban J connectivity index is 3.18. The molecule has 0 aliphatic rings. The molecule has 0 saturated heterocycles. The second-order valence-corrected chi connectivity index (χ2v) is 4.73. The number of amides is 2. The van der Waals surface area contributed by atoms with Gasteiger partial charge in [-0.1, -0.05) is 13.3 Å². The van der Waals surface area contributed by atoms with Gasteiger partial charge in [0.05, 0.1) is 33.0 Å². The van der Waals surface area contributed by atoms with Crippen LogP contribution in [0.1, 0.15) is 26.2 Å². The van der Waals surface area contributed by atoms with Crippen LogP contribution in [0.2, 0.25) is 0 Å². The quantitative estimate of drug-likeness (QED) is 0.428. The van der Waals surface area contributed by atoms with Gasteiger partial charge in [0.2, 0.25) is 5.91 Å². The summed E-state index contributed by atoms with van der Waals surface area (Å²) in [5.41, 5.74) is 0. The first-order valence-corrected chi connectivity index (χ1v) is 8.02. The zero-order valence-electron chi connectivity index (χ0n) is 14.2. The summed E-state index contributed by atoms with van der Waals surface area (Å²) < 4.78 is 20.2. The van der Waals surface area contributed by atoms with Crippen molar-refractivity contribution in [2.45, 2.75) is 26.2 Å². The van der Waals surface area contributed by atoms with Gasteiger partial charge in [0.25, 0.3) is 0 Å². The second kappa shape index (κ2) is 17.0. The minimum absolute atomic E-state index is 0.0650. The lowest BCUT2D eigenvalue weighted by Crippen LogP contribution is -2.29. The summed E-state index contributed by atoms with van der Waals surface area (Å²) in [7, 11) is 1.54. The van der Waals surface area contributed by atoms with Gasteiger partial charge in [0, 0.05) is 26.6 Å². The number of nitrogens with one attached hydrogen (secondary N) is 2. The third-order valence-electron chi connectivity index (χ3n) is 2.73. The van der Waals surface area contributed by atoms with Crippen molar-refractivity contribution in [3.05, 3.63) is 0 Å². The van der Waals surface area contributed by atoms with Gasteiger partial charge in [-0.05, 0) is 6.42 Å². The highest BCUT2D eigenvalue weighted by Crippen LogP contribution is 1.92. The Morgan fingerprint density at radius 3 is 2.13 bits per heavy atom. The first-order chi connectivity index (χ1) is 11.2. The molecular formula is C15H30N2O6. The Labute approximate surface area is 138 Å². The van der Waals surface area contributed by atoms with E-state index in [0.29, 0.717) is 52.5 Å². The van der Waals surface area contributed by atoms with Crippen molar-refractivity contribution in [3.8, 4) is 0 Å². The van der Waals surface area contributed by atoms with E-state index in [1.54, 1.807) is 0 Å². The number of ether oxygens (including phenoxy) is 4. The maximum atomic E-state index is 11.3. The van der Waals surface area contributed by atoms with Crippen LogP contribution in [0.15, 0.2) is 0 Å². The van der Waals surface area contributed by atoms with E-state index in [-0.39, 0.29) is 12.5 Å². The summed E-state index contributed by atoms with van der Waals surface area (Å²) in [6, 6.07) is 0. The second-order valence-electron chi connectivity index (χ2n) is 4.73. The third kappa shape index (κ3) is 16.8. The van der Waals surface area contributed by atoms with Crippen molar-refractivity contribution < 1.29 is 28.5 Å². The van der Waals surface area contributed by atoms with Crippen LogP contribution in [0.4, 0.5) is 4.79 Å². The molecule has 0 aromatic carbocycles. The number of hydrogen-bond donors (Lipinski definition) is 2. The molecule has 0 unspecified atom stereocenters. The Morgan fingerprint density at radius 1 is 0.870 bits per heavy atom. The van der Waals surface area contributed by atoms with Crippen LogP contribution in [0.25, 0.3) is 0 Å². The van der Waals surface area contributed by atoms with Gasteiger partial charge >= 0.3 is 6.09 Å². The van der Waals surface area contributed by atoms with Gasteiger partial charge in [0.1, 0.15) is 6.61 Å². The van der Waals surface area contributed by atoms with Crippen molar-refractivity contribution in [2.75, 3.05) is 59.8 Å². The van der Waals surface area contributed by atoms with Crippen LogP contribution in [0, 0.1) is 0 Å². The Morgan fingerprint density at radius 2 is 1.52 bits per heavy atom. The van der Waals surface area contributed by atoms with E-state index in [4.69, 9.17) is 18.9 Å². The Kier molecular flexibility index (Phi) is 16.0. The molecule has 23 heavy (non-hydrogen) atoms. The maximum Gasteiger partial charge on any atom is 0.407 e. The number of hydrogen-bond acceptors (Lipinski definition) is 6. The molecule has 2 N–H and O–H groups in total. The molecule has 0 atom stereocenters. The number of carbonyl (C=O) groups is 2. The predicted molar refractivity (Wildman–Crippen MR) is 85.4 cm³/mol. The number of carbonyl (C=O) groups excluding carboxylic acids is 2. The molecule has 2 amide bonds. The SMILES string of the molecule is CCCCC(=O)NCCOCCOCCNC(=O)OCCOC. The smallest absolute Gasteiger partial charge is 0.407 e. The first-order valence-electron chi connectivity index (χ1n) is 8.02. The monoisotopic (exact) mass is 334 g/mol. The maximum absolute atomic E-state index is 11.3.